The SMILES string of the molecule is CC/C=C\C/C=C\C/C=C\C/C=C\C/C=C\C/C=C\CCC(=O)OCC(COC(=O)CCCCC/C=C\CCCCCCCCC)OC(=O)CCCCCCCCC/C=C\CCCCCCCC. The van der Waals surface area contributed by atoms with Crippen LogP contribution in [-0.2, 0) is 28.6 Å². The number of hydrogen-bond donors (Lipinski definition) is 0. The summed E-state index contributed by atoms with van der Waals surface area (Å²) in [6.45, 7) is 6.44. The van der Waals surface area contributed by atoms with Crippen molar-refractivity contribution in [3.8, 4) is 0 Å². The summed E-state index contributed by atoms with van der Waals surface area (Å²) in [5.74, 6) is -1.01. The molecule has 0 aromatic carbocycles. The van der Waals surface area contributed by atoms with E-state index in [1.165, 1.54) is 122 Å². The van der Waals surface area contributed by atoms with E-state index in [-0.39, 0.29) is 37.5 Å². The topological polar surface area (TPSA) is 78.9 Å². The Labute approximate surface area is 419 Å². The second kappa shape index (κ2) is 55.9. The summed E-state index contributed by atoms with van der Waals surface area (Å²) in [6, 6.07) is 0. The lowest BCUT2D eigenvalue weighted by molar-refractivity contribution is -0.166. The number of allylic oxidation sites excluding steroid dienone is 16. The maximum Gasteiger partial charge on any atom is 0.306 e. The van der Waals surface area contributed by atoms with Gasteiger partial charge in [-0.1, -0.05) is 227 Å². The Kier molecular flexibility index (Phi) is 52.9. The van der Waals surface area contributed by atoms with Gasteiger partial charge >= 0.3 is 17.9 Å². The van der Waals surface area contributed by atoms with Gasteiger partial charge in [0.1, 0.15) is 13.2 Å². The molecule has 6 heteroatoms. The summed E-state index contributed by atoms with van der Waals surface area (Å²) in [5, 5.41) is 0. The lowest BCUT2D eigenvalue weighted by Gasteiger charge is -2.18. The molecule has 0 aliphatic heterocycles. The van der Waals surface area contributed by atoms with Gasteiger partial charge in [0.15, 0.2) is 6.10 Å². The van der Waals surface area contributed by atoms with Crippen molar-refractivity contribution in [2.75, 3.05) is 13.2 Å². The predicted octanol–water partition coefficient (Wildman–Crippen LogP) is 18.9. The molecule has 0 bridgehead atoms. The molecule has 0 aromatic heterocycles. The third-order valence-electron chi connectivity index (χ3n) is 11.8. The van der Waals surface area contributed by atoms with Crippen LogP contribution in [0.3, 0.4) is 0 Å². The molecule has 0 saturated carbocycles. The molecular weight excluding hydrogens is 841 g/mol. The molecule has 0 aliphatic rings. The van der Waals surface area contributed by atoms with Gasteiger partial charge in [-0.05, 0) is 109 Å². The highest BCUT2D eigenvalue weighted by Gasteiger charge is 2.19. The van der Waals surface area contributed by atoms with Crippen LogP contribution < -0.4 is 0 Å². The Hall–Kier alpha value is -3.67. The number of unbranched alkanes of at least 4 members (excludes halogenated alkanes) is 23. The summed E-state index contributed by atoms with van der Waals surface area (Å²) in [6.07, 6.45) is 74.1. The highest BCUT2D eigenvalue weighted by Crippen LogP contribution is 2.14. The number of hydrogen-bond acceptors (Lipinski definition) is 6. The first-order valence-electron chi connectivity index (χ1n) is 28.2. The molecule has 0 rings (SSSR count). The first kappa shape index (κ1) is 64.3. The molecule has 0 amide bonds. The zero-order chi connectivity index (χ0) is 49.3. The van der Waals surface area contributed by atoms with Crippen molar-refractivity contribution < 1.29 is 28.6 Å². The van der Waals surface area contributed by atoms with Crippen LogP contribution in [0.4, 0.5) is 0 Å². The summed E-state index contributed by atoms with van der Waals surface area (Å²) in [7, 11) is 0. The minimum atomic E-state index is -0.817. The van der Waals surface area contributed by atoms with E-state index in [1.54, 1.807) is 0 Å². The average molecular weight is 946 g/mol. The molecule has 0 fully saturated rings. The Balaban J connectivity index is 4.52. The second-order valence-corrected chi connectivity index (χ2v) is 18.5. The van der Waals surface area contributed by atoms with Crippen molar-refractivity contribution in [2.45, 2.75) is 264 Å². The minimum absolute atomic E-state index is 0.111. The van der Waals surface area contributed by atoms with Gasteiger partial charge in [-0.15, -0.1) is 0 Å². The molecule has 0 aliphatic carbocycles. The van der Waals surface area contributed by atoms with Crippen molar-refractivity contribution in [1.82, 2.24) is 0 Å². The molecule has 1 atom stereocenters. The third-order valence-corrected chi connectivity index (χ3v) is 11.8. The van der Waals surface area contributed by atoms with E-state index in [9.17, 15) is 14.4 Å². The maximum atomic E-state index is 12.8. The number of esters is 3. The Morgan fingerprint density at radius 1 is 0.309 bits per heavy atom. The maximum absolute atomic E-state index is 12.8. The molecule has 68 heavy (non-hydrogen) atoms. The molecule has 0 saturated heterocycles. The van der Waals surface area contributed by atoms with Crippen LogP contribution in [0.5, 0.6) is 0 Å². The fourth-order valence-corrected chi connectivity index (χ4v) is 7.57. The highest BCUT2D eigenvalue weighted by molar-refractivity contribution is 5.71. The van der Waals surface area contributed by atoms with Gasteiger partial charge < -0.3 is 14.2 Å². The summed E-state index contributed by atoms with van der Waals surface area (Å²) in [4.78, 5) is 38.1. The van der Waals surface area contributed by atoms with E-state index >= 15 is 0 Å². The molecule has 0 spiro atoms. The molecule has 0 aromatic rings. The van der Waals surface area contributed by atoms with Crippen LogP contribution in [0.1, 0.15) is 258 Å². The summed E-state index contributed by atoms with van der Waals surface area (Å²) >= 11 is 0. The minimum Gasteiger partial charge on any atom is -0.462 e. The predicted molar refractivity (Wildman–Crippen MR) is 293 cm³/mol. The molecule has 6 nitrogen and oxygen atoms in total. The monoisotopic (exact) mass is 945 g/mol. The van der Waals surface area contributed by atoms with Crippen molar-refractivity contribution in [3.05, 3.63) is 97.2 Å². The first-order chi connectivity index (χ1) is 33.5. The number of carbonyl (C=O) groups is 3. The van der Waals surface area contributed by atoms with Crippen molar-refractivity contribution >= 4 is 17.9 Å². The lowest BCUT2D eigenvalue weighted by Crippen LogP contribution is -2.30. The van der Waals surface area contributed by atoms with Crippen LogP contribution in [0.2, 0.25) is 0 Å². The highest BCUT2D eigenvalue weighted by atomic mass is 16.6. The lowest BCUT2D eigenvalue weighted by atomic mass is 10.1. The summed E-state index contributed by atoms with van der Waals surface area (Å²) in [5.41, 5.74) is 0. The normalized spacial score (nSPS) is 12.8. The van der Waals surface area contributed by atoms with Gasteiger partial charge in [0.05, 0.1) is 0 Å². The third kappa shape index (κ3) is 53.3. The van der Waals surface area contributed by atoms with Gasteiger partial charge in [0.2, 0.25) is 0 Å². The van der Waals surface area contributed by atoms with Gasteiger partial charge in [0, 0.05) is 19.3 Å². The number of carbonyl (C=O) groups excluding carboxylic acids is 3. The zero-order valence-electron chi connectivity index (χ0n) is 44.3. The second-order valence-electron chi connectivity index (χ2n) is 18.5. The standard InChI is InChI=1S/C62H104O6/c1-4-7-10-13-16-19-22-25-28-30-31-33-34-37-40-43-46-49-52-55-61(64)67-58-59(57-66-60(63)54-51-48-45-42-39-36-27-24-21-18-15-12-9-6-3)68-62(65)56-53-50-47-44-41-38-35-32-29-26-23-20-17-14-11-8-5-2/h7,10,16,19,25-26,28-29,31,33,36-37,39-40,46,49,59H,4-6,8-9,11-15,17-18,20-24,27,30,32,34-35,38,41-45,47-48,50-58H2,1-3H3/b10-7-,19-16-,28-25-,29-26-,33-31-,39-36-,40-37-,49-46-. The van der Waals surface area contributed by atoms with Crippen LogP contribution >= 0.6 is 0 Å². The molecule has 0 radical (unpaired) electrons. The molecule has 1 unspecified atom stereocenters. The smallest absolute Gasteiger partial charge is 0.306 e. The Morgan fingerprint density at radius 3 is 1.00 bits per heavy atom. The van der Waals surface area contributed by atoms with Gasteiger partial charge in [-0.2, -0.15) is 0 Å². The average Bonchev–Trinajstić information content (AvgIpc) is 3.34. The molecule has 0 heterocycles. The van der Waals surface area contributed by atoms with Crippen molar-refractivity contribution in [2.24, 2.45) is 0 Å². The zero-order valence-corrected chi connectivity index (χ0v) is 44.3. The van der Waals surface area contributed by atoms with E-state index in [2.05, 4.69) is 112 Å². The van der Waals surface area contributed by atoms with E-state index in [0.29, 0.717) is 19.3 Å². The fourth-order valence-electron chi connectivity index (χ4n) is 7.57. The van der Waals surface area contributed by atoms with Crippen LogP contribution in [0.15, 0.2) is 97.2 Å². The van der Waals surface area contributed by atoms with E-state index in [4.69, 9.17) is 14.2 Å². The Morgan fingerprint density at radius 2 is 0.603 bits per heavy atom. The van der Waals surface area contributed by atoms with Gasteiger partial charge in [0.25, 0.3) is 0 Å². The quantitative estimate of drug-likeness (QED) is 0.0262. The molecule has 388 valence electrons. The molecular formula is C62H104O6. The van der Waals surface area contributed by atoms with Crippen LogP contribution in [-0.4, -0.2) is 37.2 Å². The summed E-state index contributed by atoms with van der Waals surface area (Å²) < 4.78 is 16.8. The van der Waals surface area contributed by atoms with Crippen LogP contribution in [0.25, 0.3) is 0 Å². The van der Waals surface area contributed by atoms with Crippen LogP contribution in [0, 0.1) is 0 Å². The van der Waals surface area contributed by atoms with E-state index < -0.39 is 6.10 Å². The first-order valence-corrected chi connectivity index (χ1v) is 28.2. The largest absolute Gasteiger partial charge is 0.462 e. The number of ether oxygens (including phenoxy) is 3. The number of rotatable bonds is 50. The van der Waals surface area contributed by atoms with Crippen molar-refractivity contribution in [1.29, 1.82) is 0 Å². The Bertz CT molecular complexity index is 1360. The van der Waals surface area contributed by atoms with E-state index in [0.717, 1.165) is 89.9 Å². The van der Waals surface area contributed by atoms with Crippen molar-refractivity contribution in [3.63, 3.8) is 0 Å². The fraction of sp³-hybridized carbons (Fsp3) is 0.694. The van der Waals surface area contributed by atoms with E-state index in [1.807, 2.05) is 6.08 Å². The molecule has 0 N–H and O–H groups in total. The van der Waals surface area contributed by atoms with Gasteiger partial charge in [-0.3, -0.25) is 14.4 Å². The van der Waals surface area contributed by atoms with Gasteiger partial charge in [-0.25, -0.2) is 0 Å².